The Morgan fingerprint density at radius 3 is 2.31 bits per heavy atom. The van der Waals surface area contributed by atoms with Crippen molar-refractivity contribution in [3.05, 3.63) is 90.0 Å². The van der Waals surface area contributed by atoms with Gasteiger partial charge in [0.1, 0.15) is 12.4 Å². The van der Waals surface area contributed by atoms with Crippen LogP contribution in [0.15, 0.2) is 78.9 Å². The van der Waals surface area contributed by atoms with Crippen molar-refractivity contribution in [2.75, 3.05) is 11.9 Å². The molecule has 0 bridgehead atoms. The molecule has 3 rings (SSSR count). The number of para-hydroxylation sites is 1. The van der Waals surface area contributed by atoms with Gasteiger partial charge in [0.05, 0.1) is 11.3 Å². The van der Waals surface area contributed by atoms with Gasteiger partial charge in [-0.25, -0.2) is 0 Å². The zero-order valence-corrected chi connectivity index (χ0v) is 19.1. The van der Waals surface area contributed by atoms with E-state index in [0.717, 1.165) is 35.5 Å². The molecule has 32 heavy (non-hydrogen) atoms. The quantitative estimate of drug-likeness (QED) is 0.327. The summed E-state index contributed by atoms with van der Waals surface area (Å²) in [6, 6.07) is 25.5. The Morgan fingerprint density at radius 2 is 1.59 bits per heavy atom. The van der Waals surface area contributed by atoms with Gasteiger partial charge in [-0.3, -0.25) is 4.79 Å². The van der Waals surface area contributed by atoms with Gasteiger partial charge < -0.3 is 15.4 Å². The molecule has 0 heterocycles. The van der Waals surface area contributed by atoms with E-state index in [4.69, 9.17) is 4.74 Å². The second kappa shape index (κ2) is 12.6. The highest BCUT2D eigenvalue weighted by Crippen LogP contribution is 2.24. The molecular weight excluding hydrogens is 396 g/mol. The molecule has 168 valence electrons. The zero-order chi connectivity index (χ0) is 22.6. The average molecular weight is 431 g/mol. The highest BCUT2D eigenvalue weighted by atomic mass is 16.5. The molecule has 0 aliphatic rings. The normalized spacial score (nSPS) is 11.6. The Hall–Kier alpha value is -3.27. The average Bonchev–Trinajstić information content (AvgIpc) is 2.84. The van der Waals surface area contributed by atoms with Crippen LogP contribution in [0.1, 0.15) is 55.5 Å². The largest absolute Gasteiger partial charge is 0.489 e. The van der Waals surface area contributed by atoms with Crippen LogP contribution in [0.2, 0.25) is 0 Å². The number of ether oxygens (including phenoxy) is 1. The summed E-state index contributed by atoms with van der Waals surface area (Å²) in [7, 11) is 0. The minimum Gasteiger partial charge on any atom is -0.489 e. The van der Waals surface area contributed by atoms with Gasteiger partial charge in [0.25, 0.3) is 5.91 Å². The Balaban J connectivity index is 1.56. The van der Waals surface area contributed by atoms with Crippen LogP contribution in [0.5, 0.6) is 5.75 Å². The summed E-state index contributed by atoms with van der Waals surface area (Å²) in [5.41, 5.74) is 3.49. The molecule has 0 radical (unpaired) electrons. The van der Waals surface area contributed by atoms with Crippen molar-refractivity contribution in [3.8, 4) is 5.75 Å². The highest BCUT2D eigenvalue weighted by Gasteiger charge is 2.12. The number of benzene rings is 3. The van der Waals surface area contributed by atoms with Gasteiger partial charge in [0.2, 0.25) is 0 Å². The number of nitrogens with one attached hydrogen (secondary N) is 2. The van der Waals surface area contributed by atoms with Gasteiger partial charge in [-0.15, -0.1) is 0 Å². The first-order valence-electron chi connectivity index (χ1n) is 11.6. The van der Waals surface area contributed by atoms with Crippen molar-refractivity contribution in [2.45, 2.75) is 46.1 Å². The molecule has 1 amide bonds. The van der Waals surface area contributed by atoms with Gasteiger partial charge in [-0.05, 0) is 54.3 Å². The van der Waals surface area contributed by atoms with Crippen molar-refractivity contribution in [3.63, 3.8) is 0 Å². The molecular formula is C28H34N2O2. The fraction of sp³-hybridized carbons (Fsp3) is 0.321. The number of amides is 1. The van der Waals surface area contributed by atoms with E-state index in [1.807, 2.05) is 78.9 Å². The van der Waals surface area contributed by atoms with Crippen LogP contribution in [-0.2, 0) is 6.61 Å². The Kier molecular flexibility index (Phi) is 9.18. The molecule has 2 N–H and O–H groups in total. The van der Waals surface area contributed by atoms with Crippen molar-refractivity contribution >= 4 is 17.3 Å². The van der Waals surface area contributed by atoms with Crippen molar-refractivity contribution in [1.82, 2.24) is 5.32 Å². The summed E-state index contributed by atoms with van der Waals surface area (Å²) in [6.07, 6.45) is 4.59. The summed E-state index contributed by atoms with van der Waals surface area (Å²) in [4.78, 5) is 12.8. The third-order valence-electron chi connectivity index (χ3n) is 5.67. The van der Waals surface area contributed by atoms with Gasteiger partial charge in [0.15, 0.2) is 0 Å². The second-order valence-electron chi connectivity index (χ2n) is 8.08. The first kappa shape index (κ1) is 23.4. The lowest BCUT2D eigenvalue weighted by atomic mass is 9.97. The van der Waals surface area contributed by atoms with Gasteiger partial charge >= 0.3 is 0 Å². The van der Waals surface area contributed by atoms with Crippen LogP contribution in [0.4, 0.5) is 11.4 Å². The molecule has 0 saturated carbocycles. The van der Waals surface area contributed by atoms with Gasteiger partial charge in [0, 0.05) is 12.2 Å². The minimum absolute atomic E-state index is 0.0396. The van der Waals surface area contributed by atoms with Gasteiger partial charge in [-0.1, -0.05) is 75.6 Å². The molecule has 1 unspecified atom stereocenters. The Labute approximate surface area is 192 Å². The molecule has 0 saturated heterocycles. The Bertz CT molecular complexity index is 955. The lowest BCUT2D eigenvalue weighted by Crippen LogP contribution is -2.26. The standard InChI is InChI=1S/C28H34N2O2/c1-3-10-22(4-2)19-20-29-28(31)26-13-8-9-14-27(26)30-24-15-17-25(18-16-24)32-21-23-11-6-5-7-12-23/h5-9,11-18,22,30H,3-4,10,19-21H2,1-2H3,(H,29,31). The van der Waals surface area contributed by atoms with Crippen LogP contribution in [-0.4, -0.2) is 12.5 Å². The van der Waals surface area contributed by atoms with Crippen LogP contribution in [0.3, 0.4) is 0 Å². The monoisotopic (exact) mass is 430 g/mol. The van der Waals surface area contributed by atoms with Crippen LogP contribution < -0.4 is 15.4 Å². The molecule has 4 heteroatoms. The highest BCUT2D eigenvalue weighted by molar-refractivity contribution is 6.00. The maximum absolute atomic E-state index is 12.8. The maximum Gasteiger partial charge on any atom is 0.253 e. The summed E-state index contributed by atoms with van der Waals surface area (Å²) in [6.45, 7) is 5.68. The van der Waals surface area contributed by atoms with E-state index in [9.17, 15) is 4.79 Å². The first-order valence-corrected chi connectivity index (χ1v) is 11.6. The molecule has 0 aliphatic carbocycles. The van der Waals surface area contributed by atoms with Crippen LogP contribution in [0, 0.1) is 5.92 Å². The zero-order valence-electron chi connectivity index (χ0n) is 19.1. The van der Waals surface area contributed by atoms with Crippen molar-refractivity contribution < 1.29 is 9.53 Å². The minimum atomic E-state index is -0.0396. The number of anilines is 2. The number of carbonyl (C=O) groups is 1. The smallest absolute Gasteiger partial charge is 0.253 e. The van der Waals surface area contributed by atoms with E-state index in [1.54, 1.807) is 0 Å². The summed E-state index contributed by atoms with van der Waals surface area (Å²) >= 11 is 0. The molecule has 3 aromatic carbocycles. The van der Waals surface area contributed by atoms with E-state index < -0.39 is 0 Å². The fourth-order valence-corrected chi connectivity index (χ4v) is 3.77. The van der Waals surface area contributed by atoms with Crippen molar-refractivity contribution in [2.24, 2.45) is 5.92 Å². The second-order valence-corrected chi connectivity index (χ2v) is 8.08. The number of carbonyl (C=O) groups excluding carboxylic acids is 1. The lowest BCUT2D eigenvalue weighted by Gasteiger charge is -2.15. The van der Waals surface area contributed by atoms with E-state index in [2.05, 4.69) is 24.5 Å². The predicted octanol–water partition coefficient (Wildman–Crippen LogP) is 6.96. The number of rotatable bonds is 12. The van der Waals surface area contributed by atoms with Gasteiger partial charge in [-0.2, -0.15) is 0 Å². The predicted molar refractivity (Wildman–Crippen MR) is 133 cm³/mol. The van der Waals surface area contributed by atoms with Crippen LogP contribution >= 0.6 is 0 Å². The van der Waals surface area contributed by atoms with Crippen molar-refractivity contribution in [1.29, 1.82) is 0 Å². The third-order valence-corrected chi connectivity index (χ3v) is 5.67. The summed E-state index contributed by atoms with van der Waals surface area (Å²) in [5, 5.41) is 6.46. The molecule has 0 fully saturated rings. The maximum atomic E-state index is 12.8. The number of hydrogen-bond acceptors (Lipinski definition) is 3. The summed E-state index contributed by atoms with van der Waals surface area (Å²) < 4.78 is 5.86. The van der Waals surface area contributed by atoms with E-state index in [-0.39, 0.29) is 5.91 Å². The molecule has 4 nitrogen and oxygen atoms in total. The first-order chi connectivity index (χ1) is 15.7. The molecule has 0 aliphatic heterocycles. The lowest BCUT2D eigenvalue weighted by molar-refractivity contribution is 0.0952. The number of hydrogen-bond donors (Lipinski definition) is 2. The van der Waals surface area contributed by atoms with E-state index in [0.29, 0.717) is 24.6 Å². The third kappa shape index (κ3) is 7.16. The topological polar surface area (TPSA) is 50.4 Å². The molecule has 0 aromatic heterocycles. The van der Waals surface area contributed by atoms with Crippen LogP contribution in [0.25, 0.3) is 0 Å². The van der Waals surface area contributed by atoms with E-state index in [1.165, 1.54) is 12.8 Å². The molecule has 1 atom stereocenters. The fourth-order valence-electron chi connectivity index (χ4n) is 3.77. The molecule has 3 aromatic rings. The SMILES string of the molecule is CCCC(CC)CCNC(=O)c1ccccc1Nc1ccc(OCc2ccccc2)cc1. The summed E-state index contributed by atoms with van der Waals surface area (Å²) in [5.74, 6) is 1.45. The molecule has 0 spiro atoms. The Morgan fingerprint density at radius 1 is 0.875 bits per heavy atom. The van der Waals surface area contributed by atoms with E-state index >= 15 is 0 Å².